The summed E-state index contributed by atoms with van der Waals surface area (Å²) in [6.07, 6.45) is 1.98. The second kappa shape index (κ2) is 7.02. The van der Waals surface area contributed by atoms with Crippen molar-refractivity contribution < 1.29 is 4.79 Å². The first kappa shape index (κ1) is 15.9. The second-order valence-electron chi connectivity index (χ2n) is 4.97. The maximum atomic E-state index is 12.1. The SMILES string of the molecule is Cc1nc(-c2cccc(NC(=O)C3CCCN3)c2)cs1.Cl. The van der Waals surface area contributed by atoms with E-state index < -0.39 is 0 Å². The monoisotopic (exact) mass is 323 g/mol. The molecule has 1 aliphatic heterocycles. The molecule has 2 N–H and O–H groups in total. The Morgan fingerprint density at radius 2 is 2.33 bits per heavy atom. The number of aromatic nitrogens is 1. The molecule has 1 saturated heterocycles. The molecule has 0 spiro atoms. The van der Waals surface area contributed by atoms with Crippen LogP contribution in [0.5, 0.6) is 0 Å². The summed E-state index contributed by atoms with van der Waals surface area (Å²) in [7, 11) is 0. The van der Waals surface area contributed by atoms with Crippen molar-refractivity contribution in [3.8, 4) is 11.3 Å². The Labute approximate surface area is 134 Å². The van der Waals surface area contributed by atoms with E-state index >= 15 is 0 Å². The number of hydrogen-bond donors (Lipinski definition) is 2. The maximum absolute atomic E-state index is 12.1. The lowest BCUT2D eigenvalue weighted by molar-refractivity contribution is -0.117. The molecule has 0 aliphatic carbocycles. The van der Waals surface area contributed by atoms with E-state index in [2.05, 4.69) is 15.6 Å². The number of thiazole rings is 1. The summed E-state index contributed by atoms with van der Waals surface area (Å²) in [6.45, 7) is 2.92. The molecule has 2 aromatic rings. The molecule has 6 heteroatoms. The number of carbonyl (C=O) groups is 1. The number of anilines is 1. The molecule has 1 fully saturated rings. The van der Waals surface area contributed by atoms with E-state index in [-0.39, 0.29) is 24.4 Å². The van der Waals surface area contributed by atoms with E-state index in [1.54, 1.807) is 11.3 Å². The van der Waals surface area contributed by atoms with Gasteiger partial charge in [-0.25, -0.2) is 4.98 Å². The highest BCUT2D eigenvalue weighted by Gasteiger charge is 2.21. The van der Waals surface area contributed by atoms with Gasteiger partial charge < -0.3 is 10.6 Å². The smallest absolute Gasteiger partial charge is 0.241 e. The third-order valence-electron chi connectivity index (χ3n) is 3.42. The Morgan fingerprint density at radius 3 is 3.00 bits per heavy atom. The number of nitrogens with one attached hydrogen (secondary N) is 2. The summed E-state index contributed by atoms with van der Waals surface area (Å²) in [5.41, 5.74) is 2.82. The van der Waals surface area contributed by atoms with Crippen molar-refractivity contribution in [3.05, 3.63) is 34.7 Å². The first-order valence-corrected chi connectivity index (χ1v) is 7.67. The van der Waals surface area contributed by atoms with Crippen molar-refractivity contribution in [1.29, 1.82) is 0 Å². The van der Waals surface area contributed by atoms with Gasteiger partial charge in [0.05, 0.1) is 16.7 Å². The van der Waals surface area contributed by atoms with Crippen molar-refractivity contribution in [2.45, 2.75) is 25.8 Å². The van der Waals surface area contributed by atoms with Gasteiger partial charge in [0.2, 0.25) is 5.91 Å². The van der Waals surface area contributed by atoms with Crippen LogP contribution >= 0.6 is 23.7 Å². The quantitative estimate of drug-likeness (QED) is 0.911. The van der Waals surface area contributed by atoms with Crippen LogP contribution in [-0.4, -0.2) is 23.5 Å². The summed E-state index contributed by atoms with van der Waals surface area (Å²) in [4.78, 5) is 16.6. The summed E-state index contributed by atoms with van der Waals surface area (Å²) < 4.78 is 0. The number of benzene rings is 1. The second-order valence-corrected chi connectivity index (χ2v) is 6.03. The molecule has 1 aromatic carbocycles. The van der Waals surface area contributed by atoms with Crippen LogP contribution in [-0.2, 0) is 4.79 Å². The number of aryl methyl sites for hydroxylation is 1. The molecule has 2 heterocycles. The van der Waals surface area contributed by atoms with Crippen LogP contribution in [0.4, 0.5) is 5.69 Å². The Kier molecular flexibility index (Phi) is 5.33. The van der Waals surface area contributed by atoms with E-state index in [1.807, 2.05) is 36.6 Å². The van der Waals surface area contributed by atoms with E-state index in [4.69, 9.17) is 0 Å². The van der Waals surface area contributed by atoms with Gasteiger partial charge in [-0.1, -0.05) is 12.1 Å². The topological polar surface area (TPSA) is 54.0 Å². The normalized spacial score (nSPS) is 17.3. The zero-order chi connectivity index (χ0) is 13.9. The molecular formula is C15H18ClN3OS. The van der Waals surface area contributed by atoms with Crippen LogP contribution in [0.2, 0.25) is 0 Å². The number of carbonyl (C=O) groups excluding carboxylic acids is 1. The molecule has 1 amide bonds. The summed E-state index contributed by atoms with van der Waals surface area (Å²) in [6, 6.07) is 7.79. The fourth-order valence-electron chi connectivity index (χ4n) is 2.39. The van der Waals surface area contributed by atoms with E-state index in [0.717, 1.165) is 41.3 Å². The zero-order valence-electron chi connectivity index (χ0n) is 11.8. The molecule has 0 bridgehead atoms. The minimum Gasteiger partial charge on any atom is -0.325 e. The largest absolute Gasteiger partial charge is 0.325 e. The summed E-state index contributed by atoms with van der Waals surface area (Å²) >= 11 is 1.63. The standard InChI is InChI=1S/C15H17N3OS.ClH/c1-10-17-14(9-20-10)11-4-2-5-12(8-11)18-15(19)13-6-3-7-16-13;/h2,4-5,8-9,13,16H,3,6-7H2,1H3,(H,18,19);1H. The van der Waals surface area contributed by atoms with Crippen molar-refractivity contribution in [3.63, 3.8) is 0 Å². The van der Waals surface area contributed by atoms with E-state index in [1.165, 1.54) is 0 Å². The number of nitrogens with zero attached hydrogens (tertiary/aromatic N) is 1. The third-order valence-corrected chi connectivity index (χ3v) is 4.20. The van der Waals surface area contributed by atoms with Crippen molar-refractivity contribution in [2.75, 3.05) is 11.9 Å². The molecular weight excluding hydrogens is 306 g/mol. The van der Waals surface area contributed by atoms with Gasteiger partial charge >= 0.3 is 0 Å². The van der Waals surface area contributed by atoms with Gasteiger partial charge in [0.1, 0.15) is 0 Å². The predicted molar refractivity (Wildman–Crippen MR) is 89.2 cm³/mol. The molecule has 0 saturated carbocycles. The van der Waals surface area contributed by atoms with Gasteiger partial charge in [0, 0.05) is 16.6 Å². The number of rotatable bonds is 3. The van der Waals surface area contributed by atoms with Gasteiger partial charge in [0.15, 0.2) is 0 Å². The Hall–Kier alpha value is -1.43. The molecule has 3 rings (SSSR count). The fourth-order valence-corrected chi connectivity index (χ4v) is 3.01. The highest BCUT2D eigenvalue weighted by atomic mass is 35.5. The average molecular weight is 324 g/mol. The van der Waals surface area contributed by atoms with E-state index in [9.17, 15) is 4.79 Å². The Morgan fingerprint density at radius 1 is 1.48 bits per heavy atom. The minimum atomic E-state index is -0.0554. The van der Waals surface area contributed by atoms with Crippen LogP contribution in [0, 0.1) is 6.92 Å². The third kappa shape index (κ3) is 3.81. The van der Waals surface area contributed by atoms with Crippen molar-refractivity contribution in [2.24, 2.45) is 0 Å². The fraction of sp³-hybridized carbons (Fsp3) is 0.333. The van der Waals surface area contributed by atoms with E-state index in [0.29, 0.717) is 0 Å². The molecule has 1 atom stereocenters. The minimum absolute atomic E-state index is 0. The summed E-state index contributed by atoms with van der Waals surface area (Å²) in [5, 5.41) is 9.26. The van der Waals surface area contributed by atoms with Gasteiger partial charge in [-0.3, -0.25) is 4.79 Å². The van der Waals surface area contributed by atoms with Gasteiger partial charge in [-0.2, -0.15) is 0 Å². The molecule has 4 nitrogen and oxygen atoms in total. The first-order valence-electron chi connectivity index (χ1n) is 6.79. The lowest BCUT2D eigenvalue weighted by atomic mass is 10.1. The lowest BCUT2D eigenvalue weighted by Crippen LogP contribution is -2.35. The van der Waals surface area contributed by atoms with Gasteiger partial charge in [0.25, 0.3) is 0 Å². The van der Waals surface area contributed by atoms with Gasteiger partial charge in [-0.15, -0.1) is 23.7 Å². The Bertz CT molecular complexity index is 623. The lowest BCUT2D eigenvalue weighted by Gasteiger charge is -2.11. The number of halogens is 1. The predicted octanol–water partition coefficient (Wildman–Crippen LogP) is 3.23. The molecule has 1 aromatic heterocycles. The molecule has 1 aliphatic rings. The molecule has 21 heavy (non-hydrogen) atoms. The average Bonchev–Trinajstić information content (AvgIpc) is 3.10. The highest BCUT2D eigenvalue weighted by Crippen LogP contribution is 2.24. The summed E-state index contributed by atoms with van der Waals surface area (Å²) in [5.74, 6) is 0.0501. The van der Waals surface area contributed by atoms with Gasteiger partial charge in [-0.05, 0) is 38.4 Å². The van der Waals surface area contributed by atoms with Crippen LogP contribution in [0.15, 0.2) is 29.6 Å². The molecule has 112 valence electrons. The molecule has 1 unspecified atom stereocenters. The number of hydrogen-bond acceptors (Lipinski definition) is 4. The first-order chi connectivity index (χ1) is 9.72. The van der Waals surface area contributed by atoms with Crippen molar-refractivity contribution >= 4 is 35.3 Å². The van der Waals surface area contributed by atoms with Crippen LogP contribution in [0.1, 0.15) is 17.8 Å². The maximum Gasteiger partial charge on any atom is 0.241 e. The van der Waals surface area contributed by atoms with Crippen molar-refractivity contribution in [1.82, 2.24) is 10.3 Å². The van der Waals surface area contributed by atoms with Crippen LogP contribution < -0.4 is 10.6 Å². The molecule has 0 radical (unpaired) electrons. The number of amides is 1. The van der Waals surface area contributed by atoms with Crippen LogP contribution in [0.25, 0.3) is 11.3 Å². The Balaban J connectivity index is 0.00000161. The zero-order valence-corrected chi connectivity index (χ0v) is 13.4. The van der Waals surface area contributed by atoms with Crippen LogP contribution in [0.3, 0.4) is 0 Å². The highest BCUT2D eigenvalue weighted by molar-refractivity contribution is 7.09.